The molecule has 0 amide bonds. The molecule has 0 heterocycles. The summed E-state index contributed by atoms with van der Waals surface area (Å²) in [5.41, 5.74) is 0.709. The number of aliphatic carboxylic acids is 1. The minimum Gasteiger partial charge on any atom is -0.497 e. The number of ether oxygens (including phenoxy) is 4. The molecule has 0 aromatic heterocycles. The first-order valence-electron chi connectivity index (χ1n) is 7.32. The second kappa shape index (κ2) is 8.10. The second-order valence-electron chi connectivity index (χ2n) is 4.98. The van der Waals surface area contributed by atoms with Gasteiger partial charge in [-0.25, -0.2) is 4.79 Å². The molecule has 2 aromatic rings. The molecule has 1 atom stereocenters. The Morgan fingerprint density at radius 2 is 1.62 bits per heavy atom. The molecule has 0 aliphatic rings. The van der Waals surface area contributed by atoms with Crippen molar-refractivity contribution in [2.75, 3.05) is 21.3 Å². The van der Waals surface area contributed by atoms with Crippen LogP contribution in [0.15, 0.2) is 42.5 Å². The Hall–Kier alpha value is -2.89. The van der Waals surface area contributed by atoms with Gasteiger partial charge in [-0.3, -0.25) is 0 Å². The van der Waals surface area contributed by atoms with Crippen LogP contribution < -0.4 is 18.9 Å². The van der Waals surface area contributed by atoms with Crippen molar-refractivity contribution in [2.24, 2.45) is 0 Å². The molecule has 1 unspecified atom stereocenters. The number of hydrogen-bond acceptors (Lipinski definition) is 5. The molecule has 2 rings (SSSR count). The van der Waals surface area contributed by atoms with E-state index in [1.807, 2.05) is 0 Å². The minimum atomic E-state index is -1.08. The quantitative estimate of drug-likeness (QED) is 0.801. The van der Waals surface area contributed by atoms with Gasteiger partial charge < -0.3 is 24.1 Å². The third kappa shape index (κ3) is 4.10. The van der Waals surface area contributed by atoms with Gasteiger partial charge in [0.2, 0.25) is 0 Å². The van der Waals surface area contributed by atoms with E-state index in [1.54, 1.807) is 49.6 Å². The van der Waals surface area contributed by atoms with Crippen LogP contribution in [-0.4, -0.2) is 38.5 Å². The lowest BCUT2D eigenvalue weighted by Crippen LogP contribution is -2.29. The van der Waals surface area contributed by atoms with E-state index in [9.17, 15) is 9.90 Å². The maximum absolute atomic E-state index is 11.6. The topological polar surface area (TPSA) is 74.2 Å². The van der Waals surface area contributed by atoms with Crippen molar-refractivity contribution in [3.05, 3.63) is 48.0 Å². The molecule has 0 radical (unpaired) electrons. The van der Waals surface area contributed by atoms with Crippen molar-refractivity contribution < 1.29 is 28.8 Å². The smallest absolute Gasteiger partial charge is 0.345 e. The van der Waals surface area contributed by atoms with E-state index >= 15 is 0 Å². The van der Waals surface area contributed by atoms with Crippen molar-refractivity contribution >= 4 is 5.97 Å². The number of carboxylic acid groups (broad SMARTS) is 1. The predicted octanol–water partition coefficient (Wildman–Crippen LogP) is 2.79. The van der Waals surface area contributed by atoms with E-state index < -0.39 is 12.1 Å². The molecule has 128 valence electrons. The molecule has 0 spiro atoms. The molecule has 6 heteroatoms. The average Bonchev–Trinajstić information content (AvgIpc) is 2.61. The van der Waals surface area contributed by atoms with E-state index in [4.69, 9.17) is 18.9 Å². The Balaban J connectivity index is 2.25. The highest BCUT2D eigenvalue weighted by Gasteiger charge is 2.23. The molecule has 0 aliphatic carbocycles. The fourth-order valence-corrected chi connectivity index (χ4v) is 2.27. The van der Waals surface area contributed by atoms with E-state index in [1.165, 1.54) is 14.2 Å². The summed E-state index contributed by atoms with van der Waals surface area (Å²) < 4.78 is 21.3. The first-order chi connectivity index (χ1) is 11.6. The highest BCUT2D eigenvalue weighted by Crippen LogP contribution is 2.30. The fourth-order valence-electron chi connectivity index (χ4n) is 2.27. The molecule has 6 nitrogen and oxygen atoms in total. The maximum Gasteiger partial charge on any atom is 0.345 e. The Morgan fingerprint density at radius 3 is 2.21 bits per heavy atom. The van der Waals surface area contributed by atoms with Crippen molar-refractivity contribution in [1.29, 1.82) is 0 Å². The van der Waals surface area contributed by atoms with E-state index in [-0.39, 0.29) is 6.42 Å². The van der Waals surface area contributed by atoms with Crippen molar-refractivity contribution in [3.63, 3.8) is 0 Å². The van der Waals surface area contributed by atoms with Crippen molar-refractivity contribution in [3.8, 4) is 23.0 Å². The summed E-state index contributed by atoms with van der Waals surface area (Å²) in [5.74, 6) is 0.960. The summed E-state index contributed by atoms with van der Waals surface area (Å²) in [4.78, 5) is 11.6. The van der Waals surface area contributed by atoms with Gasteiger partial charge in [0.15, 0.2) is 17.6 Å². The van der Waals surface area contributed by atoms with Crippen LogP contribution in [0.1, 0.15) is 5.56 Å². The molecular formula is C18H20O6. The first kappa shape index (κ1) is 17.5. The SMILES string of the molecule is COc1ccc(CC(Oc2ccccc2OC)C(=O)O)c(OC)c1. The van der Waals surface area contributed by atoms with Crippen LogP contribution in [-0.2, 0) is 11.2 Å². The zero-order valence-corrected chi connectivity index (χ0v) is 13.8. The van der Waals surface area contributed by atoms with Gasteiger partial charge in [0.1, 0.15) is 11.5 Å². The van der Waals surface area contributed by atoms with E-state index in [0.717, 1.165) is 0 Å². The molecular weight excluding hydrogens is 312 g/mol. The van der Waals surface area contributed by atoms with Crippen LogP contribution in [0.4, 0.5) is 0 Å². The van der Waals surface area contributed by atoms with Gasteiger partial charge in [0.05, 0.1) is 21.3 Å². The predicted molar refractivity (Wildman–Crippen MR) is 88.3 cm³/mol. The lowest BCUT2D eigenvalue weighted by atomic mass is 10.1. The zero-order chi connectivity index (χ0) is 17.5. The van der Waals surface area contributed by atoms with Crippen molar-refractivity contribution in [2.45, 2.75) is 12.5 Å². The third-order valence-corrected chi connectivity index (χ3v) is 3.51. The lowest BCUT2D eigenvalue weighted by Gasteiger charge is -2.18. The molecule has 0 saturated carbocycles. The van der Waals surface area contributed by atoms with E-state index in [0.29, 0.717) is 28.6 Å². The highest BCUT2D eigenvalue weighted by atomic mass is 16.5. The van der Waals surface area contributed by atoms with E-state index in [2.05, 4.69) is 0 Å². The summed E-state index contributed by atoms with van der Waals surface area (Å²) >= 11 is 0. The summed E-state index contributed by atoms with van der Waals surface area (Å²) in [7, 11) is 4.58. The van der Waals surface area contributed by atoms with Crippen LogP contribution in [0.3, 0.4) is 0 Å². The number of hydrogen-bond donors (Lipinski definition) is 1. The molecule has 1 N–H and O–H groups in total. The molecule has 0 fully saturated rings. The minimum absolute atomic E-state index is 0.139. The van der Waals surface area contributed by atoms with Crippen LogP contribution >= 0.6 is 0 Å². The van der Waals surface area contributed by atoms with Crippen LogP contribution in [0.2, 0.25) is 0 Å². The molecule has 24 heavy (non-hydrogen) atoms. The number of carbonyl (C=O) groups is 1. The number of para-hydroxylation sites is 2. The third-order valence-electron chi connectivity index (χ3n) is 3.51. The number of rotatable bonds is 8. The lowest BCUT2D eigenvalue weighted by molar-refractivity contribution is -0.145. The highest BCUT2D eigenvalue weighted by molar-refractivity contribution is 5.73. The average molecular weight is 332 g/mol. The summed E-state index contributed by atoms with van der Waals surface area (Å²) in [5, 5.41) is 9.49. The monoisotopic (exact) mass is 332 g/mol. The number of benzene rings is 2. The summed E-state index contributed by atoms with van der Waals surface area (Å²) in [6, 6.07) is 12.1. The Bertz CT molecular complexity index is 698. The largest absolute Gasteiger partial charge is 0.497 e. The number of carboxylic acids is 1. The van der Waals surface area contributed by atoms with Crippen LogP contribution in [0.5, 0.6) is 23.0 Å². The standard InChI is InChI=1S/C18H20O6/c1-21-13-9-8-12(16(11-13)23-3)10-17(18(19)20)24-15-7-5-4-6-14(15)22-2/h4-9,11,17H,10H2,1-3H3,(H,19,20). The van der Waals surface area contributed by atoms with Gasteiger partial charge in [-0.1, -0.05) is 18.2 Å². The summed E-state index contributed by atoms with van der Waals surface area (Å²) in [6.45, 7) is 0. The Kier molecular flexibility index (Phi) is 5.89. The zero-order valence-electron chi connectivity index (χ0n) is 13.8. The Labute approximate surface area is 140 Å². The summed E-state index contributed by atoms with van der Waals surface area (Å²) in [6.07, 6.45) is -0.941. The van der Waals surface area contributed by atoms with Gasteiger partial charge in [0.25, 0.3) is 0 Å². The van der Waals surface area contributed by atoms with Crippen LogP contribution in [0, 0.1) is 0 Å². The van der Waals surface area contributed by atoms with Gasteiger partial charge in [0, 0.05) is 12.5 Å². The maximum atomic E-state index is 11.6. The normalized spacial score (nSPS) is 11.5. The van der Waals surface area contributed by atoms with Gasteiger partial charge in [-0.2, -0.15) is 0 Å². The van der Waals surface area contributed by atoms with Crippen molar-refractivity contribution in [1.82, 2.24) is 0 Å². The van der Waals surface area contributed by atoms with Gasteiger partial charge in [-0.15, -0.1) is 0 Å². The molecule has 2 aromatic carbocycles. The Morgan fingerprint density at radius 1 is 0.958 bits per heavy atom. The molecule has 0 bridgehead atoms. The first-order valence-corrected chi connectivity index (χ1v) is 7.32. The molecule has 0 saturated heterocycles. The van der Waals surface area contributed by atoms with Crippen LogP contribution in [0.25, 0.3) is 0 Å². The second-order valence-corrected chi connectivity index (χ2v) is 4.98. The fraction of sp³-hybridized carbons (Fsp3) is 0.278. The van der Waals surface area contributed by atoms with Gasteiger partial charge in [-0.05, 0) is 23.8 Å². The molecule has 0 aliphatic heterocycles. The van der Waals surface area contributed by atoms with Gasteiger partial charge >= 0.3 is 5.97 Å². The number of methoxy groups -OCH3 is 3.